The van der Waals surface area contributed by atoms with Crippen molar-refractivity contribution in [2.45, 2.75) is 69.6 Å². The van der Waals surface area contributed by atoms with Gasteiger partial charge in [-0.15, -0.1) is 0 Å². The van der Waals surface area contributed by atoms with Crippen LogP contribution in [0.3, 0.4) is 0 Å². The third-order valence-corrected chi connectivity index (χ3v) is 12.2. The third-order valence-electron chi connectivity index (χ3n) is 7.67. The van der Waals surface area contributed by atoms with Crippen molar-refractivity contribution in [2.75, 3.05) is 6.61 Å². The van der Waals surface area contributed by atoms with Gasteiger partial charge in [0.25, 0.3) is 0 Å². The first kappa shape index (κ1) is 20.6. The fourth-order valence-corrected chi connectivity index (χ4v) is 6.22. The number of rotatable bonds is 5. The highest BCUT2D eigenvalue weighted by molar-refractivity contribution is 6.74. The Kier molecular flexibility index (Phi) is 4.54. The molecule has 1 aliphatic heterocycles. The number of hydrogen-bond donors (Lipinski definition) is 1. The van der Waals surface area contributed by atoms with E-state index in [1.807, 2.05) is 6.07 Å². The fraction of sp³-hybridized carbons (Fsp3) is 0.636. The Hall–Kier alpha value is -1.70. The van der Waals surface area contributed by atoms with Crippen LogP contribution in [0.4, 0.5) is 0 Å². The van der Waals surface area contributed by atoms with Crippen LogP contribution in [0.2, 0.25) is 18.1 Å². The maximum absolute atomic E-state index is 12.6. The largest absolute Gasteiger partial charge is 0.461 e. The van der Waals surface area contributed by atoms with Gasteiger partial charge in [0, 0.05) is 12.3 Å². The number of ether oxygens (including phenoxy) is 2. The predicted molar refractivity (Wildman–Crippen MR) is 109 cm³/mol. The molecule has 158 valence electrons. The molecule has 1 aromatic carbocycles. The van der Waals surface area contributed by atoms with E-state index in [0.717, 1.165) is 0 Å². The number of carbonyl (C=O) groups is 2. The molecule has 6 nitrogen and oxygen atoms in total. The number of carbonyl (C=O) groups excluding carboxylic acids is 2. The van der Waals surface area contributed by atoms with Crippen molar-refractivity contribution >= 4 is 20.3 Å². The van der Waals surface area contributed by atoms with Gasteiger partial charge in [0.15, 0.2) is 13.9 Å². The zero-order valence-electron chi connectivity index (χ0n) is 17.7. The van der Waals surface area contributed by atoms with Crippen molar-refractivity contribution in [2.24, 2.45) is 11.3 Å². The summed E-state index contributed by atoms with van der Waals surface area (Å²) in [4.78, 5) is 25.0. The second-order valence-electron chi connectivity index (χ2n) is 10.2. The van der Waals surface area contributed by atoms with E-state index in [1.165, 1.54) is 0 Å². The van der Waals surface area contributed by atoms with E-state index in [2.05, 4.69) is 33.9 Å². The minimum Gasteiger partial charge on any atom is -0.461 e. The van der Waals surface area contributed by atoms with E-state index in [0.29, 0.717) is 18.4 Å². The summed E-state index contributed by atoms with van der Waals surface area (Å²) in [5.41, 5.74) is -2.06. The van der Waals surface area contributed by atoms with Crippen LogP contribution in [-0.4, -0.2) is 49.8 Å². The van der Waals surface area contributed by atoms with Crippen LogP contribution in [0.15, 0.2) is 30.3 Å². The van der Waals surface area contributed by atoms with Crippen LogP contribution < -0.4 is 0 Å². The lowest BCUT2D eigenvalue weighted by atomic mass is 9.44. The molecule has 0 unspecified atom stereocenters. The van der Waals surface area contributed by atoms with Crippen molar-refractivity contribution in [3.05, 3.63) is 35.9 Å². The first-order valence-corrected chi connectivity index (χ1v) is 13.2. The molecule has 4 bridgehead atoms. The average molecular weight is 419 g/mol. The van der Waals surface area contributed by atoms with Crippen LogP contribution in [0, 0.1) is 11.3 Å². The Labute approximate surface area is 172 Å². The molecule has 1 N–H and O–H groups in total. The standard InChI is InChI=1S/C22H30O6Si/c1-20(2,3)29(4,5)28-16-11-17-21(12-15(16)22(21,25)19(24)27-17)13-26-18(23)14-9-7-6-8-10-14/h6-10,15-17,25H,11-13H2,1-5H3/t15-,16+,17-,21-,22+/m1/s1. The smallest absolute Gasteiger partial charge is 0.339 e. The van der Waals surface area contributed by atoms with E-state index in [9.17, 15) is 14.7 Å². The molecule has 3 saturated carbocycles. The van der Waals surface area contributed by atoms with Gasteiger partial charge in [-0.2, -0.15) is 0 Å². The Balaban J connectivity index is 1.51. The van der Waals surface area contributed by atoms with E-state index < -0.39 is 37.4 Å². The zero-order valence-corrected chi connectivity index (χ0v) is 18.7. The van der Waals surface area contributed by atoms with Gasteiger partial charge in [0.05, 0.1) is 17.1 Å². The Morgan fingerprint density at radius 3 is 2.52 bits per heavy atom. The van der Waals surface area contributed by atoms with Crippen LogP contribution >= 0.6 is 0 Å². The van der Waals surface area contributed by atoms with Crippen molar-refractivity contribution in [1.82, 2.24) is 0 Å². The lowest BCUT2D eigenvalue weighted by Gasteiger charge is -2.62. The summed E-state index contributed by atoms with van der Waals surface area (Å²) in [5, 5.41) is 11.4. The molecule has 1 aromatic rings. The second kappa shape index (κ2) is 6.40. The molecule has 0 aromatic heterocycles. The van der Waals surface area contributed by atoms with Crippen molar-refractivity contribution < 1.29 is 28.6 Å². The van der Waals surface area contributed by atoms with E-state index >= 15 is 0 Å². The van der Waals surface area contributed by atoms with Crippen LogP contribution in [0.5, 0.6) is 0 Å². The summed E-state index contributed by atoms with van der Waals surface area (Å²) in [7, 11) is -2.06. The van der Waals surface area contributed by atoms with Gasteiger partial charge in [-0.25, -0.2) is 9.59 Å². The molecule has 4 aliphatic rings. The van der Waals surface area contributed by atoms with Gasteiger partial charge in [-0.1, -0.05) is 39.0 Å². The van der Waals surface area contributed by atoms with Gasteiger partial charge >= 0.3 is 11.9 Å². The number of hydrogen-bond acceptors (Lipinski definition) is 6. The normalized spacial score (nSPS) is 35.7. The first-order chi connectivity index (χ1) is 13.4. The fourth-order valence-electron chi connectivity index (χ4n) is 4.85. The van der Waals surface area contributed by atoms with Crippen molar-refractivity contribution in [3.8, 4) is 0 Å². The molecular weight excluding hydrogens is 388 g/mol. The Morgan fingerprint density at radius 2 is 1.93 bits per heavy atom. The topological polar surface area (TPSA) is 82.1 Å². The summed E-state index contributed by atoms with van der Waals surface area (Å²) in [5.74, 6) is -1.38. The SMILES string of the molecule is CC(C)(C)[Si](C)(C)O[C@H]1C[C@H]2OC(=O)[C@@]3(O)[C@@H]1C[C@@]23COC(=O)c1ccccc1. The first-order valence-electron chi connectivity index (χ1n) is 10.3. The van der Waals surface area contributed by atoms with E-state index in [1.54, 1.807) is 24.3 Å². The molecule has 0 amide bonds. The minimum absolute atomic E-state index is 0.0308. The molecule has 4 fully saturated rings. The Morgan fingerprint density at radius 1 is 1.28 bits per heavy atom. The summed E-state index contributed by atoms with van der Waals surface area (Å²) in [6.45, 7) is 10.8. The Bertz CT molecular complexity index is 831. The molecule has 1 heterocycles. The molecule has 7 heteroatoms. The van der Waals surface area contributed by atoms with Gasteiger partial charge < -0.3 is 19.0 Å². The van der Waals surface area contributed by atoms with E-state index in [4.69, 9.17) is 13.9 Å². The number of fused-ring (bicyclic) bond motifs is 1. The highest BCUT2D eigenvalue weighted by atomic mass is 28.4. The maximum atomic E-state index is 12.6. The quantitative estimate of drug-likeness (QED) is 0.584. The molecule has 5 rings (SSSR count). The summed E-state index contributed by atoms with van der Waals surface area (Å²) < 4.78 is 17.7. The summed E-state index contributed by atoms with van der Waals surface area (Å²) >= 11 is 0. The third kappa shape index (κ3) is 2.81. The van der Waals surface area contributed by atoms with Crippen LogP contribution in [0.1, 0.15) is 44.0 Å². The average Bonchev–Trinajstić information content (AvgIpc) is 2.73. The second-order valence-corrected chi connectivity index (χ2v) is 15.0. The predicted octanol–water partition coefficient (Wildman–Crippen LogP) is 3.30. The molecule has 0 spiro atoms. The maximum Gasteiger partial charge on any atom is 0.339 e. The molecule has 0 radical (unpaired) electrons. The van der Waals surface area contributed by atoms with Gasteiger partial charge in [0.1, 0.15) is 12.7 Å². The van der Waals surface area contributed by atoms with Crippen LogP contribution in [-0.2, 0) is 18.7 Å². The monoisotopic (exact) mass is 418 g/mol. The summed E-state index contributed by atoms with van der Waals surface area (Å²) in [6.07, 6.45) is 0.377. The zero-order chi connectivity index (χ0) is 21.2. The highest BCUT2D eigenvalue weighted by Gasteiger charge is 2.83. The van der Waals surface area contributed by atoms with Gasteiger partial charge in [0.2, 0.25) is 0 Å². The van der Waals surface area contributed by atoms with Crippen molar-refractivity contribution in [1.29, 1.82) is 0 Å². The summed E-state index contributed by atoms with van der Waals surface area (Å²) in [6, 6.07) is 8.71. The van der Waals surface area contributed by atoms with E-state index in [-0.39, 0.29) is 23.7 Å². The number of esters is 2. The van der Waals surface area contributed by atoms with Gasteiger partial charge in [-0.05, 0) is 36.7 Å². The minimum atomic E-state index is -2.06. The molecule has 29 heavy (non-hydrogen) atoms. The molecule has 1 saturated heterocycles. The molecular formula is C22H30O6Si. The van der Waals surface area contributed by atoms with Crippen molar-refractivity contribution in [3.63, 3.8) is 0 Å². The molecule has 5 atom stereocenters. The van der Waals surface area contributed by atoms with Gasteiger partial charge in [-0.3, -0.25) is 0 Å². The number of aliphatic hydroxyl groups is 1. The number of benzene rings is 1. The lowest BCUT2D eigenvalue weighted by Crippen LogP contribution is -2.75. The highest BCUT2D eigenvalue weighted by Crippen LogP contribution is 2.68. The lowest BCUT2D eigenvalue weighted by molar-refractivity contribution is -0.259. The van der Waals surface area contributed by atoms with Crippen LogP contribution in [0.25, 0.3) is 0 Å². The molecule has 3 aliphatic carbocycles.